The van der Waals surface area contributed by atoms with Gasteiger partial charge in [0.1, 0.15) is 15.8 Å². The predicted molar refractivity (Wildman–Crippen MR) is 114 cm³/mol. The van der Waals surface area contributed by atoms with Gasteiger partial charge in [0.2, 0.25) is 0 Å². The molecule has 0 atom stereocenters. The van der Waals surface area contributed by atoms with Crippen molar-refractivity contribution in [3.8, 4) is 16.3 Å². The van der Waals surface area contributed by atoms with Gasteiger partial charge in [-0.25, -0.2) is 0 Å². The third-order valence-corrected chi connectivity index (χ3v) is 5.65. The van der Waals surface area contributed by atoms with Crippen LogP contribution in [0.1, 0.15) is 76.1 Å². The Kier molecular flexibility index (Phi) is 10.6. The molecule has 0 amide bonds. The number of benzene rings is 1. The van der Waals surface area contributed by atoms with Gasteiger partial charge in [-0.15, -0.1) is 10.2 Å². The zero-order chi connectivity index (χ0) is 20.0. The van der Waals surface area contributed by atoms with Crippen molar-refractivity contribution >= 4 is 17.3 Å². The molecule has 1 aromatic heterocycles. The molecule has 1 N–H and O–H groups in total. The Labute approximate surface area is 172 Å². The number of carboxylic acids is 1. The molecule has 1 heterocycles. The number of carboxylic acid groups (broad SMARTS) is 1. The van der Waals surface area contributed by atoms with Crippen LogP contribution in [0.2, 0.25) is 0 Å². The van der Waals surface area contributed by atoms with E-state index in [9.17, 15) is 4.79 Å². The summed E-state index contributed by atoms with van der Waals surface area (Å²) in [7, 11) is 0. The molecule has 0 unspecified atom stereocenters. The van der Waals surface area contributed by atoms with E-state index in [1.54, 1.807) is 11.3 Å². The Morgan fingerprint density at radius 3 is 2.39 bits per heavy atom. The fraction of sp³-hybridized carbons (Fsp3) is 0.591. The molecule has 0 saturated heterocycles. The number of aromatic nitrogens is 2. The largest absolute Gasteiger partial charge is 0.494 e. The summed E-state index contributed by atoms with van der Waals surface area (Å²) in [5.74, 6) is 0.0413. The first kappa shape index (κ1) is 22.3. The maximum Gasteiger partial charge on any atom is 0.303 e. The van der Waals surface area contributed by atoms with E-state index in [0.29, 0.717) is 13.0 Å². The molecule has 0 aliphatic heterocycles. The molecule has 0 bridgehead atoms. The standard InChI is InChI=1S/C22H32N2O3S/c1-2-3-4-5-6-7-8-11-20-23-24-22(28-20)18-13-15-19(16-14-18)27-17-10-9-12-21(25)26/h13-16H,2-12,17H2,1H3,(H,25,26). The Bertz CT molecular complexity index is 685. The first-order chi connectivity index (χ1) is 13.7. The average Bonchev–Trinajstić information content (AvgIpc) is 3.16. The van der Waals surface area contributed by atoms with Crippen LogP contribution in [0.5, 0.6) is 5.75 Å². The van der Waals surface area contributed by atoms with Crippen molar-refractivity contribution < 1.29 is 14.6 Å². The molecule has 0 saturated carbocycles. The average molecular weight is 405 g/mol. The Hall–Kier alpha value is -1.95. The molecule has 2 aromatic rings. The van der Waals surface area contributed by atoms with Crippen molar-refractivity contribution in [1.29, 1.82) is 0 Å². The van der Waals surface area contributed by atoms with Crippen LogP contribution in [-0.4, -0.2) is 27.9 Å². The van der Waals surface area contributed by atoms with Crippen molar-refractivity contribution in [2.45, 2.75) is 77.6 Å². The lowest BCUT2D eigenvalue weighted by molar-refractivity contribution is -0.137. The molecule has 0 aliphatic carbocycles. The summed E-state index contributed by atoms with van der Waals surface area (Å²) in [6.07, 6.45) is 11.7. The fourth-order valence-corrected chi connectivity index (χ4v) is 3.85. The minimum absolute atomic E-state index is 0.195. The quantitative estimate of drug-likeness (QED) is 0.361. The van der Waals surface area contributed by atoms with Crippen LogP contribution in [0.4, 0.5) is 0 Å². The van der Waals surface area contributed by atoms with Crippen molar-refractivity contribution in [3.63, 3.8) is 0 Å². The van der Waals surface area contributed by atoms with Crippen LogP contribution in [0.3, 0.4) is 0 Å². The summed E-state index contributed by atoms with van der Waals surface area (Å²) in [5, 5.41) is 19.3. The molecule has 1 aromatic carbocycles. The van der Waals surface area contributed by atoms with Gasteiger partial charge in [0.15, 0.2) is 0 Å². The molecule has 154 valence electrons. The number of ether oxygens (including phenoxy) is 1. The van der Waals surface area contributed by atoms with Gasteiger partial charge in [0, 0.05) is 18.4 Å². The summed E-state index contributed by atoms with van der Waals surface area (Å²) >= 11 is 1.67. The van der Waals surface area contributed by atoms with Gasteiger partial charge in [0.05, 0.1) is 6.61 Å². The van der Waals surface area contributed by atoms with E-state index in [2.05, 4.69) is 17.1 Å². The highest BCUT2D eigenvalue weighted by Gasteiger charge is 2.07. The molecule has 0 aliphatic rings. The van der Waals surface area contributed by atoms with Crippen LogP contribution in [0.25, 0.3) is 10.6 Å². The molecular formula is C22H32N2O3S. The van der Waals surface area contributed by atoms with E-state index in [-0.39, 0.29) is 6.42 Å². The van der Waals surface area contributed by atoms with Gasteiger partial charge in [-0.3, -0.25) is 4.79 Å². The predicted octanol–water partition coefficient (Wildman–Crippen LogP) is 6.13. The highest BCUT2D eigenvalue weighted by molar-refractivity contribution is 7.14. The first-order valence-electron chi connectivity index (χ1n) is 10.5. The summed E-state index contributed by atoms with van der Waals surface area (Å²) in [5.41, 5.74) is 1.06. The van der Waals surface area contributed by atoms with Gasteiger partial charge in [-0.05, 0) is 43.5 Å². The number of rotatable bonds is 15. The third-order valence-electron chi connectivity index (χ3n) is 4.62. The summed E-state index contributed by atoms with van der Waals surface area (Å²) < 4.78 is 5.66. The second kappa shape index (κ2) is 13.3. The number of aliphatic carboxylic acids is 1. The molecule has 0 radical (unpaired) electrons. The van der Waals surface area contributed by atoms with Crippen molar-refractivity contribution in [1.82, 2.24) is 10.2 Å². The lowest BCUT2D eigenvalue weighted by atomic mass is 10.1. The minimum atomic E-state index is -0.757. The molecule has 28 heavy (non-hydrogen) atoms. The molecule has 5 nitrogen and oxygen atoms in total. The van der Waals surface area contributed by atoms with Crippen LogP contribution in [0, 0.1) is 0 Å². The first-order valence-corrected chi connectivity index (χ1v) is 11.3. The monoisotopic (exact) mass is 404 g/mol. The number of nitrogens with zero attached hydrogens (tertiary/aromatic N) is 2. The normalized spacial score (nSPS) is 10.9. The number of hydrogen-bond acceptors (Lipinski definition) is 5. The summed E-state index contributed by atoms with van der Waals surface area (Å²) in [4.78, 5) is 10.5. The van der Waals surface area contributed by atoms with Gasteiger partial charge in [-0.1, -0.05) is 56.8 Å². The van der Waals surface area contributed by atoms with Gasteiger partial charge in [0.25, 0.3) is 0 Å². The number of hydrogen-bond donors (Lipinski definition) is 1. The summed E-state index contributed by atoms with van der Waals surface area (Å²) in [6.45, 7) is 2.78. The van der Waals surface area contributed by atoms with Gasteiger partial charge in [-0.2, -0.15) is 0 Å². The Morgan fingerprint density at radius 2 is 1.68 bits per heavy atom. The Balaban J connectivity index is 1.68. The fourth-order valence-electron chi connectivity index (χ4n) is 2.97. The number of carbonyl (C=O) groups is 1. The SMILES string of the molecule is CCCCCCCCCc1nnc(-c2ccc(OCCCCC(=O)O)cc2)s1. The van der Waals surface area contributed by atoms with Crippen LogP contribution in [-0.2, 0) is 11.2 Å². The lowest BCUT2D eigenvalue weighted by Crippen LogP contribution is -2.00. The highest BCUT2D eigenvalue weighted by atomic mass is 32.1. The number of aryl methyl sites for hydroxylation is 1. The second-order valence-corrected chi connectivity index (χ2v) is 8.16. The zero-order valence-corrected chi connectivity index (χ0v) is 17.7. The Morgan fingerprint density at radius 1 is 0.964 bits per heavy atom. The van der Waals surface area contributed by atoms with E-state index >= 15 is 0 Å². The van der Waals surface area contributed by atoms with Crippen molar-refractivity contribution in [2.75, 3.05) is 6.61 Å². The molecule has 6 heteroatoms. The maximum atomic E-state index is 10.5. The molecule has 0 spiro atoms. The smallest absolute Gasteiger partial charge is 0.303 e. The van der Waals surface area contributed by atoms with E-state index in [0.717, 1.165) is 34.2 Å². The topological polar surface area (TPSA) is 72.3 Å². The third kappa shape index (κ3) is 8.83. The van der Waals surface area contributed by atoms with Crippen molar-refractivity contribution in [3.05, 3.63) is 29.3 Å². The molecule has 0 fully saturated rings. The van der Waals surface area contributed by atoms with Crippen LogP contribution in [0.15, 0.2) is 24.3 Å². The van der Waals surface area contributed by atoms with Gasteiger partial charge >= 0.3 is 5.97 Å². The van der Waals surface area contributed by atoms with E-state index in [4.69, 9.17) is 9.84 Å². The van der Waals surface area contributed by atoms with Crippen molar-refractivity contribution in [2.24, 2.45) is 0 Å². The zero-order valence-electron chi connectivity index (χ0n) is 16.9. The molecule has 2 rings (SSSR count). The van der Waals surface area contributed by atoms with Gasteiger partial charge < -0.3 is 9.84 Å². The summed E-state index contributed by atoms with van der Waals surface area (Å²) in [6, 6.07) is 7.88. The van der Waals surface area contributed by atoms with Crippen LogP contribution < -0.4 is 4.74 Å². The maximum absolute atomic E-state index is 10.5. The lowest BCUT2D eigenvalue weighted by Gasteiger charge is -2.05. The number of unbranched alkanes of at least 4 members (excludes halogenated alkanes) is 7. The van der Waals surface area contributed by atoms with Crippen LogP contribution >= 0.6 is 11.3 Å². The van der Waals surface area contributed by atoms with E-state index < -0.39 is 5.97 Å². The van der Waals surface area contributed by atoms with E-state index in [1.165, 1.54) is 44.9 Å². The second-order valence-electron chi connectivity index (χ2n) is 7.10. The minimum Gasteiger partial charge on any atom is -0.494 e. The highest BCUT2D eigenvalue weighted by Crippen LogP contribution is 2.26. The van der Waals surface area contributed by atoms with E-state index in [1.807, 2.05) is 24.3 Å². The molecular weight excluding hydrogens is 372 g/mol.